The first-order chi connectivity index (χ1) is 14.9. The number of carbonyl (C=O) groups excluding carboxylic acids is 2. The molecule has 1 aromatic carbocycles. The molecule has 1 N–H and O–H groups in total. The van der Waals surface area contributed by atoms with E-state index >= 15 is 0 Å². The van der Waals surface area contributed by atoms with Gasteiger partial charge in [-0.3, -0.25) is 4.79 Å². The third-order valence-electron chi connectivity index (χ3n) is 4.92. The molecule has 0 aliphatic carbocycles. The SMILES string of the molecule is Cc1noc2nc(-c3ccco3)cc(C(=O)OC(C)C(=O)NC(C)c3ccccc3)c12. The van der Waals surface area contributed by atoms with Crippen molar-refractivity contribution in [2.75, 3.05) is 0 Å². The van der Waals surface area contributed by atoms with E-state index in [9.17, 15) is 9.59 Å². The lowest BCUT2D eigenvalue weighted by molar-refractivity contribution is -0.129. The lowest BCUT2D eigenvalue weighted by Crippen LogP contribution is -2.37. The summed E-state index contributed by atoms with van der Waals surface area (Å²) in [6.07, 6.45) is 0.500. The van der Waals surface area contributed by atoms with Crippen molar-refractivity contribution in [3.05, 3.63) is 71.6 Å². The van der Waals surface area contributed by atoms with Crippen LogP contribution in [0.5, 0.6) is 0 Å². The molecule has 0 saturated heterocycles. The van der Waals surface area contributed by atoms with Crippen molar-refractivity contribution in [2.24, 2.45) is 0 Å². The second-order valence-electron chi connectivity index (χ2n) is 7.17. The average Bonchev–Trinajstić information content (AvgIpc) is 3.44. The minimum Gasteiger partial charge on any atom is -0.463 e. The van der Waals surface area contributed by atoms with Crippen molar-refractivity contribution in [1.82, 2.24) is 15.5 Å². The summed E-state index contributed by atoms with van der Waals surface area (Å²) in [4.78, 5) is 29.9. The van der Waals surface area contributed by atoms with Crippen LogP contribution >= 0.6 is 0 Å². The number of nitrogens with zero attached hydrogens (tertiary/aromatic N) is 2. The Morgan fingerprint density at radius 2 is 1.87 bits per heavy atom. The van der Waals surface area contributed by atoms with Crippen LogP contribution in [0.4, 0.5) is 0 Å². The van der Waals surface area contributed by atoms with Gasteiger partial charge in [-0.05, 0) is 44.5 Å². The molecule has 0 saturated carbocycles. The van der Waals surface area contributed by atoms with Gasteiger partial charge in [0.25, 0.3) is 11.6 Å². The Morgan fingerprint density at radius 1 is 1.10 bits per heavy atom. The number of rotatable bonds is 6. The normalized spacial score (nSPS) is 13.0. The van der Waals surface area contributed by atoms with Crippen LogP contribution < -0.4 is 5.32 Å². The third kappa shape index (κ3) is 4.18. The van der Waals surface area contributed by atoms with Crippen LogP contribution in [-0.4, -0.2) is 28.1 Å². The van der Waals surface area contributed by atoms with Gasteiger partial charge in [-0.15, -0.1) is 0 Å². The van der Waals surface area contributed by atoms with Crippen molar-refractivity contribution in [3.63, 3.8) is 0 Å². The molecule has 8 heteroatoms. The molecular weight excluding hydrogens is 398 g/mol. The van der Waals surface area contributed by atoms with Crippen molar-refractivity contribution in [3.8, 4) is 11.5 Å². The molecule has 0 radical (unpaired) electrons. The molecule has 2 unspecified atom stereocenters. The molecule has 0 spiro atoms. The lowest BCUT2D eigenvalue weighted by Gasteiger charge is -2.18. The van der Waals surface area contributed by atoms with E-state index in [0.29, 0.717) is 22.5 Å². The molecule has 2 atom stereocenters. The second kappa shape index (κ2) is 8.43. The van der Waals surface area contributed by atoms with Crippen LogP contribution in [0.15, 0.2) is 63.7 Å². The Bertz CT molecular complexity index is 1210. The van der Waals surface area contributed by atoms with Gasteiger partial charge in [-0.2, -0.15) is 0 Å². The number of benzene rings is 1. The monoisotopic (exact) mass is 419 g/mol. The van der Waals surface area contributed by atoms with Crippen molar-refractivity contribution in [2.45, 2.75) is 32.9 Å². The topological polar surface area (TPSA) is 107 Å². The van der Waals surface area contributed by atoms with Gasteiger partial charge in [0.05, 0.1) is 28.9 Å². The number of hydrogen-bond donors (Lipinski definition) is 1. The number of carbonyl (C=O) groups is 2. The summed E-state index contributed by atoms with van der Waals surface area (Å²) in [5.74, 6) is -0.614. The molecule has 3 aromatic heterocycles. The first-order valence-electron chi connectivity index (χ1n) is 9.81. The van der Waals surface area contributed by atoms with Crippen LogP contribution in [0.1, 0.15) is 41.5 Å². The fourth-order valence-corrected chi connectivity index (χ4v) is 3.24. The molecule has 0 bridgehead atoms. The molecule has 31 heavy (non-hydrogen) atoms. The van der Waals surface area contributed by atoms with E-state index in [4.69, 9.17) is 13.7 Å². The average molecular weight is 419 g/mol. The maximum Gasteiger partial charge on any atom is 0.339 e. The summed E-state index contributed by atoms with van der Waals surface area (Å²) < 4.78 is 16.1. The van der Waals surface area contributed by atoms with Gasteiger partial charge < -0.3 is 19.0 Å². The number of aryl methyl sites for hydroxylation is 1. The Morgan fingerprint density at radius 3 is 2.58 bits per heavy atom. The zero-order valence-corrected chi connectivity index (χ0v) is 17.3. The molecule has 8 nitrogen and oxygen atoms in total. The Labute approximate surface area is 178 Å². The predicted octanol–water partition coefficient (Wildman–Crippen LogP) is 4.21. The fourth-order valence-electron chi connectivity index (χ4n) is 3.24. The van der Waals surface area contributed by atoms with E-state index in [2.05, 4.69) is 15.5 Å². The summed E-state index contributed by atoms with van der Waals surface area (Å²) >= 11 is 0. The first kappa shape index (κ1) is 20.3. The summed E-state index contributed by atoms with van der Waals surface area (Å²) in [5, 5.41) is 7.18. The van der Waals surface area contributed by atoms with E-state index in [1.807, 2.05) is 37.3 Å². The Kier molecular flexibility index (Phi) is 5.53. The highest BCUT2D eigenvalue weighted by atomic mass is 16.5. The number of aromatic nitrogens is 2. The van der Waals surface area contributed by atoms with Gasteiger partial charge in [0.2, 0.25) is 0 Å². The standard InChI is InChI=1S/C23H21N3O5/c1-13(16-8-5-4-6-9-16)24-21(27)15(3)30-23(28)17-12-18(19-10-7-11-29-19)25-22-20(17)14(2)26-31-22/h4-13,15H,1-3H3,(H,24,27). The number of amides is 1. The third-order valence-corrected chi connectivity index (χ3v) is 4.92. The van der Waals surface area contributed by atoms with E-state index in [-0.39, 0.29) is 17.3 Å². The van der Waals surface area contributed by atoms with Crippen LogP contribution in [0, 0.1) is 6.92 Å². The Hall–Kier alpha value is -3.94. The van der Waals surface area contributed by atoms with Gasteiger partial charge in [0, 0.05) is 0 Å². The zero-order valence-electron chi connectivity index (χ0n) is 17.3. The highest BCUT2D eigenvalue weighted by molar-refractivity contribution is 6.05. The maximum absolute atomic E-state index is 13.0. The first-order valence-corrected chi connectivity index (χ1v) is 9.81. The maximum atomic E-state index is 13.0. The summed E-state index contributed by atoms with van der Waals surface area (Å²) in [6, 6.07) is 14.3. The van der Waals surface area contributed by atoms with Gasteiger partial charge >= 0.3 is 5.97 Å². The summed E-state index contributed by atoms with van der Waals surface area (Å²) in [7, 11) is 0. The number of pyridine rings is 1. The number of ether oxygens (including phenoxy) is 1. The Balaban J connectivity index is 1.55. The number of nitrogens with one attached hydrogen (secondary N) is 1. The molecule has 158 valence electrons. The highest BCUT2D eigenvalue weighted by Gasteiger charge is 2.25. The zero-order chi connectivity index (χ0) is 22.0. The molecule has 0 aliphatic heterocycles. The molecule has 4 rings (SSSR count). The lowest BCUT2D eigenvalue weighted by atomic mass is 10.1. The van der Waals surface area contributed by atoms with Crippen LogP contribution in [0.25, 0.3) is 22.6 Å². The van der Waals surface area contributed by atoms with Crippen LogP contribution in [0.2, 0.25) is 0 Å². The molecule has 0 aliphatic rings. The minimum atomic E-state index is -1.01. The number of furan rings is 1. The molecule has 3 heterocycles. The van der Waals surface area contributed by atoms with E-state index in [1.54, 1.807) is 25.1 Å². The quantitative estimate of drug-likeness (QED) is 0.466. The van der Waals surface area contributed by atoms with Crippen LogP contribution in [0.3, 0.4) is 0 Å². The predicted molar refractivity (Wildman–Crippen MR) is 112 cm³/mol. The molecule has 0 fully saturated rings. The van der Waals surface area contributed by atoms with Gasteiger partial charge in [-0.25, -0.2) is 9.78 Å². The van der Waals surface area contributed by atoms with Gasteiger partial charge in [-0.1, -0.05) is 35.5 Å². The fraction of sp³-hybridized carbons (Fsp3) is 0.217. The second-order valence-corrected chi connectivity index (χ2v) is 7.17. The molecule has 1 amide bonds. The smallest absolute Gasteiger partial charge is 0.339 e. The van der Waals surface area contributed by atoms with Crippen molar-refractivity contribution >= 4 is 23.0 Å². The number of hydrogen-bond acceptors (Lipinski definition) is 7. The van der Waals surface area contributed by atoms with E-state index in [0.717, 1.165) is 5.56 Å². The van der Waals surface area contributed by atoms with E-state index in [1.165, 1.54) is 13.2 Å². The summed E-state index contributed by atoms with van der Waals surface area (Å²) in [5.41, 5.74) is 2.23. The van der Waals surface area contributed by atoms with Crippen molar-refractivity contribution in [1.29, 1.82) is 0 Å². The molecular formula is C23H21N3O5. The van der Waals surface area contributed by atoms with E-state index < -0.39 is 18.0 Å². The largest absolute Gasteiger partial charge is 0.463 e. The van der Waals surface area contributed by atoms with Gasteiger partial charge in [0.15, 0.2) is 11.9 Å². The number of fused-ring (bicyclic) bond motifs is 1. The van der Waals surface area contributed by atoms with Crippen LogP contribution in [-0.2, 0) is 9.53 Å². The number of esters is 1. The molecule has 4 aromatic rings. The highest BCUT2D eigenvalue weighted by Crippen LogP contribution is 2.28. The minimum absolute atomic E-state index is 0.188. The van der Waals surface area contributed by atoms with Gasteiger partial charge in [0.1, 0.15) is 5.69 Å². The summed E-state index contributed by atoms with van der Waals surface area (Å²) in [6.45, 7) is 5.09. The van der Waals surface area contributed by atoms with Crippen molar-refractivity contribution < 1.29 is 23.3 Å².